The summed E-state index contributed by atoms with van der Waals surface area (Å²) in [5, 5.41) is 14.8. The SMILES string of the molecule is O=C1N2C[C@@H](CC[C@H]2c2nnc(C3CC4(CCNCC4)C3)s2)N1OS(=O)(=O)O. The van der Waals surface area contributed by atoms with E-state index in [9.17, 15) is 13.2 Å². The lowest BCUT2D eigenvalue weighted by molar-refractivity contribution is -0.0317. The molecule has 2 amide bonds. The maximum absolute atomic E-state index is 12.6. The molecule has 3 saturated heterocycles. The van der Waals surface area contributed by atoms with Gasteiger partial charge in [-0.25, -0.2) is 4.79 Å². The number of fused-ring (bicyclic) bond motifs is 2. The average molecular weight is 430 g/mol. The van der Waals surface area contributed by atoms with Crippen LogP contribution in [0.15, 0.2) is 0 Å². The van der Waals surface area contributed by atoms with Gasteiger partial charge in [-0.15, -0.1) is 14.5 Å². The number of hydrogen-bond acceptors (Lipinski definition) is 8. The molecule has 1 spiro atoms. The molecule has 154 valence electrons. The van der Waals surface area contributed by atoms with E-state index >= 15 is 0 Å². The highest BCUT2D eigenvalue weighted by Gasteiger charge is 2.50. The van der Waals surface area contributed by atoms with E-state index < -0.39 is 16.4 Å². The number of aromatic nitrogens is 2. The van der Waals surface area contributed by atoms with Gasteiger partial charge in [-0.05, 0) is 57.0 Å². The van der Waals surface area contributed by atoms with Crippen LogP contribution in [-0.2, 0) is 14.7 Å². The molecule has 3 aliphatic heterocycles. The Morgan fingerprint density at radius 3 is 2.61 bits per heavy atom. The largest absolute Gasteiger partial charge is 0.418 e. The van der Waals surface area contributed by atoms with Gasteiger partial charge in [0.1, 0.15) is 10.0 Å². The minimum absolute atomic E-state index is 0.224. The van der Waals surface area contributed by atoms with E-state index in [4.69, 9.17) is 4.55 Å². The summed E-state index contributed by atoms with van der Waals surface area (Å²) in [6.45, 7) is 2.54. The molecule has 1 aromatic rings. The summed E-state index contributed by atoms with van der Waals surface area (Å²) in [5.41, 5.74) is 0.471. The quantitative estimate of drug-likeness (QED) is 0.689. The van der Waals surface area contributed by atoms with E-state index in [1.165, 1.54) is 12.8 Å². The third kappa shape index (κ3) is 3.20. The Labute approximate surface area is 167 Å². The van der Waals surface area contributed by atoms with Gasteiger partial charge >= 0.3 is 16.4 Å². The Bertz CT molecular complexity index is 876. The fraction of sp³-hybridized carbons (Fsp3) is 0.812. The van der Waals surface area contributed by atoms with Gasteiger partial charge in [0.25, 0.3) is 0 Å². The molecule has 5 rings (SSSR count). The molecule has 0 aromatic carbocycles. The first-order valence-corrected chi connectivity index (χ1v) is 11.8. The van der Waals surface area contributed by atoms with Gasteiger partial charge in [0.05, 0.1) is 12.1 Å². The molecule has 10 nitrogen and oxygen atoms in total. The standard InChI is InChI=1S/C16H23N5O5S2/c22-15-20-9-11(21(15)26-28(23,24)25)1-2-12(20)14-19-18-13(27-14)10-7-16(8-10)3-5-17-6-4-16/h10-12,17H,1-9H2,(H,23,24,25)/t11-,12+/m1/s1. The summed E-state index contributed by atoms with van der Waals surface area (Å²) >= 11 is 1.57. The van der Waals surface area contributed by atoms with Gasteiger partial charge in [-0.1, -0.05) is 11.3 Å². The Morgan fingerprint density at radius 1 is 1.18 bits per heavy atom. The minimum Gasteiger partial charge on any atom is -0.317 e. The number of rotatable bonds is 4. The van der Waals surface area contributed by atoms with E-state index in [1.54, 1.807) is 16.2 Å². The Kier molecular flexibility index (Phi) is 4.40. The fourth-order valence-corrected chi connectivity index (χ4v) is 6.64. The first-order valence-electron chi connectivity index (χ1n) is 9.64. The molecular formula is C16H23N5O5S2. The summed E-state index contributed by atoms with van der Waals surface area (Å²) in [6, 6.07) is -1.17. The van der Waals surface area contributed by atoms with Gasteiger partial charge < -0.3 is 10.2 Å². The summed E-state index contributed by atoms with van der Waals surface area (Å²) in [7, 11) is -4.73. The molecule has 1 saturated carbocycles. The fourth-order valence-electron chi connectivity index (χ4n) is 5.16. The van der Waals surface area contributed by atoms with E-state index in [-0.39, 0.29) is 12.1 Å². The van der Waals surface area contributed by atoms with Crippen molar-refractivity contribution >= 4 is 27.8 Å². The first kappa shape index (κ1) is 18.7. The summed E-state index contributed by atoms with van der Waals surface area (Å²) in [4.78, 5) is 14.1. The second kappa shape index (κ2) is 6.59. The Balaban J connectivity index is 1.27. The van der Waals surface area contributed by atoms with Crippen molar-refractivity contribution < 1.29 is 22.0 Å². The highest BCUT2D eigenvalue weighted by molar-refractivity contribution is 7.80. The monoisotopic (exact) mass is 429 g/mol. The topological polar surface area (TPSA) is 125 Å². The van der Waals surface area contributed by atoms with Crippen LogP contribution >= 0.6 is 11.3 Å². The van der Waals surface area contributed by atoms with Crippen LogP contribution in [0.5, 0.6) is 0 Å². The predicted octanol–water partition coefficient (Wildman–Crippen LogP) is 1.46. The third-order valence-electron chi connectivity index (χ3n) is 6.61. The van der Waals surface area contributed by atoms with Crippen molar-refractivity contribution in [3.05, 3.63) is 10.0 Å². The number of urea groups is 1. The lowest BCUT2D eigenvalue weighted by Crippen LogP contribution is -2.44. The van der Waals surface area contributed by atoms with E-state index in [2.05, 4.69) is 19.8 Å². The smallest absolute Gasteiger partial charge is 0.317 e. The van der Waals surface area contributed by atoms with Crippen LogP contribution in [-0.4, -0.2) is 64.8 Å². The number of carbonyl (C=O) groups excluding carboxylic acids is 1. The number of hydrogen-bond donors (Lipinski definition) is 2. The third-order valence-corrected chi connectivity index (χ3v) is 8.15. The van der Waals surface area contributed by atoms with E-state index in [0.29, 0.717) is 30.7 Å². The number of amides is 2. The molecule has 12 heteroatoms. The van der Waals surface area contributed by atoms with Gasteiger partial charge in [0, 0.05) is 12.5 Å². The van der Waals surface area contributed by atoms with Crippen molar-refractivity contribution in [3.8, 4) is 0 Å². The zero-order valence-electron chi connectivity index (χ0n) is 15.3. The normalized spacial score (nSPS) is 30.1. The molecule has 2 atom stereocenters. The van der Waals surface area contributed by atoms with Gasteiger partial charge in [-0.3, -0.25) is 4.55 Å². The first-order chi connectivity index (χ1) is 13.3. The van der Waals surface area contributed by atoms with Crippen LogP contribution in [0.3, 0.4) is 0 Å². The van der Waals surface area contributed by atoms with Crippen LogP contribution in [0, 0.1) is 5.41 Å². The zero-order chi connectivity index (χ0) is 19.5. The Hall–Kier alpha value is -1.34. The summed E-state index contributed by atoms with van der Waals surface area (Å²) in [6.07, 6.45) is 6.02. The van der Waals surface area contributed by atoms with E-state index in [1.807, 2.05) is 0 Å². The van der Waals surface area contributed by atoms with E-state index in [0.717, 1.165) is 41.0 Å². The molecule has 28 heavy (non-hydrogen) atoms. The molecule has 0 radical (unpaired) electrons. The molecule has 2 N–H and O–H groups in total. The lowest BCUT2D eigenvalue weighted by atomic mass is 9.58. The van der Waals surface area contributed by atoms with Crippen molar-refractivity contribution in [1.29, 1.82) is 0 Å². The summed E-state index contributed by atoms with van der Waals surface area (Å²) < 4.78 is 35.4. The van der Waals surface area contributed by atoms with Gasteiger partial charge in [0.2, 0.25) is 0 Å². The second-order valence-electron chi connectivity index (χ2n) is 8.34. The highest BCUT2D eigenvalue weighted by atomic mass is 32.3. The maximum Gasteiger partial charge on any atom is 0.418 e. The van der Waals surface area contributed by atoms with Crippen LogP contribution in [0.2, 0.25) is 0 Å². The molecule has 1 aromatic heterocycles. The number of hydroxylamine groups is 2. The van der Waals surface area contributed by atoms with Crippen LogP contribution in [0.25, 0.3) is 0 Å². The van der Waals surface area contributed by atoms with Crippen molar-refractivity contribution in [1.82, 2.24) is 25.5 Å². The zero-order valence-corrected chi connectivity index (χ0v) is 16.9. The molecular weight excluding hydrogens is 406 g/mol. The number of nitrogens with zero attached hydrogens (tertiary/aromatic N) is 4. The van der Waals surface area contributed by atoms with Crippen LogP contribution < -0.4 is 5.32 Å². The molecule has 4 aliphatic rings. The number of carbonyl (C=O) groups is 1. The molecule has 1 aliphatic carbocycles. The average Bonchev–Trinajstić information content (AvgIpc) is 3.20. The molecule has 2 bridgehead atoms. The van der Waals surface area contributed by atoms with Gasteiger partial charge in [0.15, 0.2) is 0 Å². The molecule has 4 fully saturated rings. The van der Waals surface area contributed by atoms with Gasteiger partial charge in [-0.2, -0.15) is 13.5 Å². The minimum atomic E-state index is -4.73. The Morgan fingerprint density at radius 2 is 1.89 bits per heavy atom. The number of nitrogens with one attached hydrogen (secondary N) is 1. The van der Waals surface area contributed by atoms with Crippen molar-refractivity contribution in [2.45, 2.75) is 56.5 Å². The number of piperidine rings is 2. The molecule has 4 heterocycles. The second-order valence-corrected chi connectivity index (χ2v) is 10.4. The van der Waals surface area contributed by atoms with Crippen molar-refractivity contribution in [2.24, 2.45) is 5.41 Å². The molecule has 0 unspecified atom stereocenters. The van der Waals surface area contributed by atoms with Crippen molar-refractivity contribution in [2.75, 3.05) is 19.6 Å². The summed E-state index contributed by atoms with van der Waals surface area (Å²) in [5.74, 6) is 0.453. The van der Waals surface area contributed by atoms with Crippen LogP contribution in [0.1, 0.15) is 60.5 Å². The highest BCUT2D eigenvalue weighted by Crippen LogP contribution is 2.56. The van der Waals surface area contributed by atoms with Crippen molar-refractivity contribution in [3.63, 3.8) is 0 Å². The predicted molar refractivity (Wildman–Crippen MR) is 98.8 cm³/mol. The van der Waals surface area contributed by atoms with Crippen LogP contribution in [0.4, 0.5) is 4.79 Å². The maximum atomic E-state index is 12.6. The lowest BCUT2D eigenvalue weighted by Gasteiger charge is -2.49.